The molecule has 0 heterocycles. The van der Waals surface area contributed by atoms with Gasteiger partial charge < -0.3 is 61.6 Å². The van der Waals surface area contributed by atoms with Crippen LogP contribution in [0.4, 0.5) is 0 Å². The molecule has 6 aliphatic carbocycles. The van der Waals surface area contributed by atoms with Gasteiger partial charge in [-0.2, -0.15) is 0 Å². The molecule has 870 valence electrons. The van der Waals surface area contributed by atoms with Crippen molar-refractivity contribution in [3.63, 3.8) is 0 Å². The van der Waals surface area contributed by atoms with Crippen molar-refractivity contribution in [3.8, 4) is 0 Å². The molecule has 6 fully saturated rings. The summed E-state index contributed by atoms with van der Waals surface area (Å²) >= 11 is 0. The second kappa shape index (κ2) is 113. The number of carbonyl (C=O) groups excluding carboxylic acids is 13. The number of rotatable bonds is 51. The molecule has 6 saturated carbocycles. The highest BCUT2D eigenvalue weighted by Crippen LogP contribution is 2.35. The number of unbranched alkanes of at least 4 members (excludes halogenated alkanes) is 30. The quantitative estimate of drug-likeness (QED) is 0.0310. The fourth-order valence-electron chi connectivity index (χ4n) is 17.6. The fraction of sp³-hybridized carbons (Fsp3) is 0.893. The minimum Gasteiger partial charge on any atom is -0.466 e. The molecule has 26 nitrogen and oxygen atoms in total. The highest BCUT2D eigenvalue weighted by molar-refractivity contribution is 5.69. The summed E-state index contributed by atoms with van der Waals surface area (Å²) in [7, 11) is 0. The molecule has 0 aromatic rings. The van der Waals surface area contributed by atoms with Gasteiger partial charge in [-0.15, -0.1) is 0 Å². The van der Waals surface area contributed by atoms with Gasteiger partial charge in [-0.3, -0.25) is 62.3 Å². The van der Waals surface area contributed by atoms with Crippen LogP contribution in [0.3, 0.4) is 0 Å². The summed E-state index contributed by atoms with van der Waals surface area (Å²) in [6, 6.07) is 0. The minimum absolute atomic E-state index is 0.131. The molecule has 0 saturated heterocycles. The number of hydrogen-bond acceptors (Lipinski definition) is 26. The smallest absolute Gasteiger partial charge is 0.302 e. The monoisotopic (exact) mass is 2100 g/mol. The standard InChI is InChI=1S/C15H30O2.C13H26O2.2C11H20O2.C11H22O2.3C9H16O2.C9H18O2.C8H14O2.C7H14O2.C5H10O2.C4H8O2/c1-3-4-5-6-7-8-9-10-11-12-13-14-17-15(2)16;1-3-4-5-6-7-8-9-10-11-12-15-13(2)14;1-4-10-5-6-11(8(2)7-10)13-9(3)12;1-4-10-6-5-8(2)11(7-10)13-9(3)12;1-3-4-5-6-7-8-9-10-13-11(2)12;1-7-3-5-9(6-4-7)11-8(2)10;1-7-4-3-5-9(6-7)11-8(2)10;1-7-5-3-4-6-9(7)11-8(2)10;1-3-4-5-6-7-8-11-9(2)10;1-6-4-3-5-8(6)10-7(2)9;1-3-4-5-6-9-7(2)8;1-3-4-7-5(2)6;1-3-6-4(2)5/h3-14H2,1-2H3;3-12H2,1-2H3;2*8,10-11H,4-7H2,1-3H3;3-10H2,1-2H3;3*7,9H,3-6H2,1-2H3;3-8H2,1-2H3;6,8H,3-5H2,1-2H3;3-6H2,1-2H3;3-4H2,1-2H3;3H2,1-2H3. The van der Waals surface area contributed by atoms with E-state index >= 15 is 0 Å². The Labute approximate surface area is 899 Å². The van der Waals surface area contributed by atoms with E-state index in [2.05, 4.69) is 99.5 Å². The van der Waals surface area contributed by atoms with E-state index in [1.165, 1.54) is 373 Å². The van der Waals surface area contributed by atoms with E-state index in [4.69, 9.17) is 52.1 Å². The molecule has 147 heavy (non-hydrogen) atoms. The summed E-state index contributed by atoms with van der Waals surface area (Å²) in [5.41, 5.74) is 0. The molecule has 0 spiro atoms. The Morgan fingerprint density at radius 3 is 0.721 bits per heavy atom. The topological polar surface area (TPSA) is 342 Å². The highest BCUT2D eigenvalue weighted by Gasteiger charge is 2.31. The second-order valence-electron chi connectivity index (χ2n) is 41.5. The number of hydrogen-bond donors (Lipinski definition) is 0. The fourth-order valence-corrected chi connectivity index (χ4v) is 17.6. The molecule has 12 unspecified atom stereocenters. The first-order valence-electron chi connectivity index (χ1n) is 58.9. The molecular weight excluding hydrogens is 1870 g/mol. The van der Waals surface area contributed by atoms with Crippen molar-refractivity contribution in [1.82, 2.24) is 0 Å². The molecule has 0 N–H and O–H groups in total. The molecule has 6 aliphatic rings. The number of esters is 13. The third-order valence-corrected chi connectivity index (χ3v) is 26.3. The van der Waals surface area contributed by atoms with Crippen LogP contribution in [0.25, 0.3) is 0 Å². The molecule has 6 rings (SSSR count). The third-order valence-electron chi connectivity index (χ3n) is 26.3. The van der Waals surface area contributed by atoms with E-state index in [9.17, 15) is 62.3 Å². The number of ether oxygens (including phenoxy) is 13. The lowest BCUT2D eigenvalue weighted by atomic mass is 9.79. The zero-order valence-corrected chi connectivity index (χ0v) is 99.9. The van der Waals surface area contributed by atoms with Gasteiger partial charge in [0.2, 0.25) is 0 Å². The van der Waals surface area contributed by atoms with Gasteiger partial charge in [0.05, 0.1) is 46.2 Å². The normalized spacial score (nSPS) is 20.4. The van der Waals surface area contributed by atoms with Crippen molar-refractivity contribution in [2.75, 3.05) is 46.2 Å². The molecule has 12 atom stereocenters. The maximum absolute atomic E-state index is 10.8. The average molecular weight is 2100 g/mol. The van der Waals surface area contributed by atoms with E-state index in [0.29, 0.717) is 69.9 Å². The zero-order chi connectivity index (χ0) is 112. The summed E-state index contributed by atoms with van der Waals surface area (Å²) in [6.45, 7) is 55.4. The van der Waals surface area contributed by atoms with E-state index in [-0.39, 0.29) is 114 Å². The Morgan fingerprint density at radius 1 is 0.184 bits per heavy atom. The molecular formula is C121H230O26. The molecule has 0 aromatic heterocycles. The predicted octanol–water partition coefficient (Wildman–Crippen LogP) is 31.7. The Bertz CT molecular complexity index is 3080. The molecule has 0 radical (unpaired) electrons. The largest absolute Gasteiger partial charge is 0.466 e. The molecule has 0 bridgehead atoms. The van der Waals surface area contributed by atoms with Gasteiger partial charge in [0.15, 0.2) is 0 Å². The van der Waals surface area contributed by atoms with Crippen molar-refractivity contribution in [2.45, 2.75) is 609 Å². The Hall–Kier alpha value is -6.89. The van der Waals surface area contributed by atoms with Gasteiger partial charge in [0, 0.05) is 90.0 Å². The van der Waals surface area contributed by atoms with Crippen molar-refractivity contribution >= 4 is 77.6 Å². The summed E-state index contributed by atoms with van der Waals surface area (Å²) in [5, 5.41) is 0. The van der Waals surface area contributed by atoms with Crippen LogP contribution >= 0.6 is 0 Å². The zero-order valence-electron chi connectivity index (χ0n) is 99.9. The van der Waals surface area contributed by atoms with E-state index in [1.54, 1.807) is 6.92 Å². The first-order valence-corrected chi connectivity index (χ1v) is 58.9. The van der Waals surface area contributed by atoms with Crippen LogP contribution in [-0.2, 0) is 124 Å². The van der Waals surface area contributed by atoms with Crippen LogP contribution < -0.4 is 0 Å². The van der Waals surface area contributed by atoms with Gasteiger partial charge in [-0.1, -0.05) is 315 Å². The third kappa shape index (κ3) is 124. The lowest BCUT2D eigenvalue weighted by Gasteiger charge is -2.33. The average Bonchev–Trinajstić information content (AvgIpc) is 1.13. The second-order valence-corrected chi connectivity index (χ2v) is 41.5. The molecule has 26 heteroatoms. The van der Waals surface area contributed by atoms with Gasteiger partial charge in [0.25, 0.3) is 0 Å². The summed E-state index contributed by atoms with van der Waals surface area (Å²) in [5.74, 6) is 3.36. The van der Waals surface area contributed by atoms with Crippen molar-refractivity contribution < 1.29 is 124 Å². The minimum atomic E-state index is -0.211. The SMILES string of the molecule is CC(=O)OC1CCC(C)CC1.CC(=O)OC1CCCC(C)C1.CC(=O)OC1CCCC1C.CC(=O)OC1CCCCC1C.CCC1CCC(C)C(OC(C)=O)C1.CCC1CCC(OC(C)=O)C(C)C1.CCCCCCCCCCCCCOC(C)=O.CCCCCCCCCCCOC(C)=O.CCCCCCCCCOC(C)=O.CCCCCCCOC(C)=O.CCCCCOC(C)=O.CCCOC(C)=O.CCOC(C)=O. The maximum Gasteiger partial charge on any atom is 0.302 e. The lowest BCUT2D eigenvalue weighted by molar-refractivity contribution is -0.152. The highest BCUT2D eigenvalue weighted by atomic mass is 16.6. The van der Waals surface area contributed by atoms with Gasteiger partial charge >= 0.3 is 77.6 Å². The first kappa shape index (κ1) is 153. The van der Waals surface area contributed by atoms with Crippen LogP contribution in [-0.4, -0.2) is 160 Å². The summed E-state index contributed by atoms with van der Waals surface area (Å²) < 4.78 is 64.0. The van der Waals surface area contributed by atoms with Gasteiger partial charge in [0.1, 0.15) is 36.6 Å². The first-order chi connectivity index (χ1) is 69.9. The predicted molar refractivity (Wildman–Crippen MR) is 595 cm³/mol. The summed E-state index contributed by atoms with van der Waals surface area (Å²) in [6.07, 6.45) is 73.4. The van der Waals surface area contributed by atoms with Crippen LogP contribution in [0.2, 0.25) is 0 Å². The van der Waals surface area contributed by atoms with Gasteiger partial charge in [-0.05, 0) is 215 Å². The number of carbonyl (C=O) groups is 13. The Kier molecular flexibility index (Phi) is 118. The van der Waals surface area contributed by atoms with Crippen LogP contribution in [0.1, 0.15) is 573 Å². The van der Waals surface area contributed by atoms with Crippen LogP contribution in [0, 0.1) is 47.3 Å². The van der Waals surface area contributed by atoms with E-state index in [0.717, 1.165) is 120 Å². The molecule has 0 amide bonds. The molecule has 0 aromatic carbocycles. The van der Waals surface area contributed by atoms with E-state index in [1.807, 2.05) is 6.92 Å². The van der Waals surface area contributed by atoms with E-state index < -0.39 is 0 Å². The van der Waals surface area contributed by atoms with Crippen molar-refractivity contribution in [2.24, 2.45) is 47.3 Å². The lowest BCUT2D eigenvalue weighted by Crippen LogP contribution is -2.31. The Balaban J connectivity index is -0.000000291. The van der Waals surface area contributed by atoms with Crippen molar-refractivity contribution in [1.29, 1.82) is 0 Å². The van der Waals surface area contributed by atoms with Crippen LogP contribution in [0.5, 0.6) is 0 Å². The summed E-state index contributed by atoms with van der Waals surface area (Å²) in [4.78, 5) is 136. The Morgan fingerprint density at radius 2 is 0.442 bits per heavy atom. The maximum atomic E-state index is 10.8. The van der Waals surface area contributed by atoms with Crippen LogP contribution in [0.15, 0.2) is 0 Å². The van der Waals surface area contributed by atoms with Gasteiger partial charge in [-0.25, -0.2) is 0 Å². The van der Waals surface area contributed by atoms with Crippen molar-refractivity contribution in [3.05, 3.63) is 0 Å². The molecule has 0 aliphatic heterocycles.